The highest BCUT2D eigenvalue weighted by molar-refractivity contribution is 9.10. The van der Waals surface area contributed by atoms with Crippen molar-refractivity contribution in [1.82, 2.24) is 10.6 Å². The summed E-state index contributed by atoms with van der Waals surface area (Å²) < 4.78 is 12.4. The number of nitrogens with one attached hydrogen (secondary N) is 2. The fourth-order valence-electron chi connectivity index (χ4n) is 9.64. The van der Waals surface area contributed by atoms with Gasteiger partial charge in [0.25, 0.3) is 11.8 Å². The smallest absolute Gasteiger partial charge is 0.488 e. The van der Waals surface area contributed by atoms with Gasteiger partial charge in [-0.2, -0.15) is 0 Å². The van der Waals surface area contributed by atoms with E-state index in [1.165, 1.54) is 0 Å². The van der Waals surface area contributed by atoms with Gasteiger partial charge in [-0.25, -0.2) is 0 Å². The molecule has 6 N–H and O–H groups in total. The number of aliphatic hydroxyl groups excluding tert-OH is 2. The number of aryl methyl sites for hydroxylation is 4. The number of benzene rings is 4. The Morgan fingerprint density at radius 1 is 0.625 bits per heavy atom. The van der Waals surface area contributed by atoms with Crippen LogP contribution in [0.3, 0.4) is 0 Å². The Morgan fingerprint density at radius 3 is 1.34 bits per heavy atom. The number of halogens is 3. The lowest BCUT2D eigenvalue weighted by atomic mass is 9.79. The van der Waals surface area contributed by atoms with Gasteiger partial charge in [-0.15, -0.1) is 0 Å². The average Bonchev–Trinajstić information content (AvgIpc) is 3.62. The molecule has 4 aliphatic rings. The number of aliphatic hydroxyl groups is 2. The van der Waals surface area contributed by atoms with Crippen LogP contribution < -0.4 is 16.1 Å². The van der Waals surface area contributed by atoms with Gasteiger partial charge in [0, 0.05) is 27.7 Å². The van der Waals surface area contributed by atoms with Crippen molar-refractivity contribution < 1.29 is 39.3 Å². The number of carbonyl (C=O) groups is 2. The lowest BCUT2D eigenvalue weighted by molar-refractivity contribution is -0.117. The summed E-state index contributed by atoms with van der Waals surface area (Å²) in [5.74, 6) is 0.0348. The molecule has 0 bridgehead atoms. The minimum atomic E-state index is -1.41. The fourth-order valence-corrected chi connectivity index (χ4v) is 10.6. The molecule has 2 spiro atoms. The first kappa shape index (κ1) is 49.3. The van der Waals surface area contributed by atoms with Crippen LogP contribution in [0.2, 0.25) is 10.0 Å². The quantitative estimate of drug-likeness (QED) is 0.0954. The van der Waals surface area contributed by atoms with E-state index in [9.17, 15) is 19.8 Å². The summed E-state index contributed by atoms with van der Waals surface area (Å²) in [6.45, 7) is 13.3. The van der Waals surface area contributed by atoms with Gasteiger partial charge in [-0.1, -0.05) is 75.5 Å². The molecule has 340 valence electrons. The SMILES string of the molecule is CCOC1CCC2(CC1)NC(=O)C(c1c(C)cc(-c3ccc(Cl)cc3)cc1C)=C2O.CCOC1CCC2(CC1)NC(=O)C(c1c(C)cc(Br)cc1C)=C2O.OB(O)c1ccc(Cl)cc1. The largest absolute Gasteiger partial charge is 0.509 e. The third-order valence-corrected chi connectivity index (χ3v) is 13.8. The summed E-state index contributed by atoms with van der Waals surface area (Å²) in [4.78, 5) is 25.7. The first-order chi connectivity index (χ1) is 30.4. The highest BCUT2D eigenvalue weighted by Crippen LogP contribution is 2.45. The molecule has 2 aliphatic heterocycles. The van der Waals surface area contributed by atoms with Crippen molar-refractivity contribution in [1.29, 1.82) is 0 Å². The van der Waals surface area contributed by atoms with Crippen molar-refractivity contribution in [2.24, 2.45) is 0 Å². The van der Waals surface area contributed by atoms with Crippen molar-refractivity contribution in [3.8, 4) is 11.1 Å². The van der Waals surface area contributed by atoms with Gasteiger partial charge < -0.3 is 40.4 Å². The molecule has 4 aromatic rings. The zero-order valence-electron chi connectivity index (χ0n) is 37.3. The molecule has 0 atom stereocenters. The molecule has 2 heterocycles. The van der Waals surface area contributed by atoms with Crippen LogP contribution in [-0.2, 0) is 19.1 Å². The monoisotopic (exact) mass is 974 g/mol. The number of amides is 2. The molecule has 10 nitrogen and oxygen atoms in total. The topological polar surface area (TPSA) is 158 Å². The van der Waals surface area contributed by atoms with Gasteiger partial charge >= 0.3 is 7.12 Å². The lowest BCUT2D eigenvalue weighted by Gasteiger charge is -2.37. The van der Waals surface area contributed by atoms with Gasteiger partial charge in [0.15, 0.2) is 0 Å². The van der Waals surface area contributed by atoms with Crippen molar-refractivity contribution in [2.45, 2.75) is 116 Å². The molecular formula is C50H58BBrCl2N2O8. The van der Waals surface area contributed by atoms with E-state index < -0.39 is 18.2 Å². The molecule has 14 heteroatoms. The highest BCUT2D eigenvalue weighted by atomic mass is 79.9. The van der Waals surface area contributed by atoms with Gasteiger partial charge in [0.05, 0.1) is 34.4 Å². The van der Waals surface area contributed by atoms with Crippen LogP contribution in [0.1, 0.15) is 98.6 Å². The van der Waals surface area contributed by atoms with Crippen LogP contribution in [0.5, 0.6) is 0 Å². The predicted octanol–water partition coefficient (Wildman–Crippen LogP) is 9.94. The zero-order valence-corrected chi connectivity index (χ0v) is 40.4. The molecule has 2 saturated carbocycles. The van der Waals surface area contributed by atoms with E-state index in [1.807, 2.05) is 77.9 Å². The van der Waals surface area contributed by atoms with Crippen LogP contribution in [0.15, 0.2) is 88.8 Å². The van der Waals surface area contributed by atoms with Gasteiger partial charge in [0.2, 0.25) is 0 Å². The summed E-state index contributed by atoms with van der Waals surface area (Å²) in [5.41, 5.74) is 7.74. The Hall–Kier alpha value is -4.14. The maximum atomic E-state index is 13.0. The summed E-state index contributed by atoms with van der Waals surface area (Å²) in [6.07, 6.45) is 6.62. The van der Waals surface area contributed by atoms with E-state index >= 15 is 0 Å². The zero-order chi connectivity index (χ0) is 46.5. The molecule has 64 heavy (non-hydrogen) atoms. The number of hydrogen-bond acceptors (Lipinski definition) is 8. The van der Waals surface area contributed by atoms with Crippen molar-refractivity contribution >= 4 is 74.7 Å². The summed E-state index contributed by atoms with van der Waals surface area (Å²) in [7, 11) is -1.41. The van der Waals surface area contributed by atoms with Gasteiger partial charge in [-0.05, 0) is 179 Å². The summed E-state index contributed by atoms with van der Waals surface area (Å²) in [5, 5.41) is 46.9. The van der Waals surface area contributed by atoms with Gasteiger partial charge in [0.1, 0.15) is 11.5 Å². The fraction of sp³-hybridized carbons (Fsp3) is 0.400. The maximum Gasteiger partial charge on any atom is 0.488 e. The average molecular weight is 977 g/mol. The van der Waals surface area contributed by atoms with E-state index in [4.69, 9.17) is 42.7 Å². The van der Waals surface area contributed by atoms with E-state index in [1.54, 1.807) is 24.3 Å². The normalized spacial score (nSPS) is 22.8. The Bertz CT molecular complexity index is 2360. The van der Waals surface area contributed by atoms with Crippen LogP contribution in [0.4, 0.5) is 0 Å². The molecule has 0 aromatic heterocycles. The Kier molecular flexibility index (Phi) is 16.2. The number of carbonyl (C=O) groups excluding carboxylic acids is 2. The number of rotatable bonds is 8. The Morgan fingerprint density at radius 2 is 0.984 bits per heavy atom. The minimum absolute atomic E-state index is 0.170. The standard InChI is InChI=1S/C25H28ClNO3.C19H24BrNO3.C6H6BClO2/c1-4-30-20-9-11-25(12-10-20)23(28)22(24(29)27-25)21-15(2)13-18(14-16(21)3)17-5-7-19(26)8-6-17;1-4-24-14-5-7-19(8-6-14)17(22)16(18(23)21-19)15-11(2)9-13(20)10-12(15)3;8-6-3-1-5(2-4-6)7(9)10/h5-8,13-14,20,28H,4,9-12H2,1-3H3,(H,27,29);9-10,14,22H,4-8H2,1-3H3,(H,21,23);1-4,9-10H. The highest BCUT2D eigenvalue weighted by Gasteiger charge is 2.50. The van der Waals surface area contributed by atoms with Gasteiger partial charge in [-0.3, -0.25) is 9.59 Å². The first-order valence-corrected chi connectivity index (χ1v) is 23.5. The lowest BCUT2D eigenvalue weighted by Crippen LogP contribution is -2.48. The number of ether oxygens (including phenoxy) is 2. The Balaban J connectivity index is 0.000000178. The van der Waals surface area contributed by atoms with E-state index in [2.05, 4.69) is 38.7 Å². The van der Waals surface area contributed by atoms with E-state index in [0.29, 0.717) is 65.6 Å². The summed E-state index contributed by atoms with van der Waals surface area (Å²) >= 11 is 15.1. The molecule has 4 aromatic carbocycles. The van der Waals surface area contributed by atoms with E-state index in [-0.39, 0.29) is 35.5 Å². The third kappa shape index (κ3) is 10.8. The molecule has 2 amide bonds. The maximum absolute atomic E-state index is 13.0. The first-order valence-electron chi connectivity index (χ1n) is 21.9. The van der Waals surface area contributed by atoms with Crippen LogP contribution >= 0.6 is 39.1 Å². The van der Waals surface area contributed by atoms with Crippen LogP contribution in [0.25, 0.3) is 22.3 Å². The van der Waals surface area contributed by atoms with Crippen LogP contribution in [0, 0.1) is 27.7 Å². The van der Waals surface area contributed by atoms with Crippen molar-refractivity contribution in [3.05, 3.63) is 132 Å². The third-order valence-electron chi connectivity index (χ3n) is 12.8. The van der Waals surface area contributed by atoms with Crippen LogP contribution in [-0.4, -0.2) is 75.7 Å². The molecule has 0 saturated heterocycles. The molecule has 2 aliphatic carbocycles. The molecule has 0 unspecified atom stereocenters. The van der Waals surface area contributed by atoms with E-state index in [0.717, 1.165) is 74.7 Å². The molecular weight excluding hydrogens is 918 g/mol. The number of hydrogen-bond donors (Lipinski definition) is 6. The summed E-state index contributed by atoms with van der Waals surface area (Å²) in [6, 6.07) is 22.1. The molecule has 2 fully saturated rings. The molecule has 0 radical (unpaired) electrons. The predicted molar refractivity (Wildman–Crippen MR) is 260 cm³/mol. The molecule has 8 rings (SSSR count). The van der Waals surface area contributed by atoms with Crippen molar-refractivity contribution in [3.63, 3.8) is 0 Å². The second-order valence-corrected chi connectivity index (χ2v) is 18.9. The second kappa shape index (κ2) is 21.0. The second-order valence-electron chi connectivity index (χ2n) is 17.2. The Labute approximate surface area is 395 Å². The van der Waals surface area contributed by atoms with Crippen molar-refractivity contribution in [2.75, 3.05) is 13.2 Å². The minimum Gasteiger partial charge on any atom is -0.509 e.